The quantitative estimate of drug-likeness (QED) is 0.443. The number of halogens is 1. The number of nitrogens with zero attached hydrogens (tertiary/aromatic N) is 2. The van der Waals surface area contributed by atoms with Crippen molar-refractivity contribution in [2.75, 3.05) is 17.8 Å². The van der Waals surface area contributed by atoms with Crippen LogP contribution in [0.3, 0.4) is 0 Å². The second-order valence-corrected chi connectivity index (χ2v) is 9.50. The second-order valence-electron chi connectivity index (χ2n) is 6.56. The van der Waals surface area contributed by atoms with Gasteiger partial charge in [0.1, 0.15) is 0 Å². The first-order chi connectivity index (χ1) is 14.8. The van der Waals surface area contributed by atoms with Gasteiger partial charge in [-0.1, -0.05) is 13.5 Å². The number of carbonyl (C=O) groups excluding carboxylic acids is 1. The molecule has 3 rings (SSSR count). The molecule has 0 saturated carbocycles. The number of anilines is 2. The molecular weight excluding hydrogens is 439 g/mol. The van der Waals surface area contributed by atoms with Crippen LogP contribution in [0.4, 0.5) is 15.2 Å². The lowest BCUT2D eigenvalue weighted by Crippen LogP contribution is -2.23. The van der Waals surface area contributed by atoms with Crippen molar-refractivity contribution >= 4 is 37.9 Å². The highest BCUT2D eigenvalue weighted by Crippen LogP contribution is 2.34. The van der Waals surface area contributed by atoms with Crippen molar-refractivity contribution in [1.82, 2.24) is 4.98 Å². The third-order valence-electron chi connectivity index (χ3n) is 4.45. The van der Waals surface area contributed by atoms with Crippen LogP contribution < -0.4 is 9.64 Å². The molecule has 0 N–H and O–H groups in total. The molecule has 31 heavy (non-hydrogen) atoms. The van der Waals surface area contributed by atoms with E-state index in [4.69, 9.17) is 4.74 Å². The van der Waals surface area contributed by atoms with E-state index in [2.05, 4.69) is 11.6 Å². The molecule has 1 aromatic heterocycles. The van der Waals surface area contributed by atoms with Crippen molar-refractivity contribution in [2.45, 2.75) is 18.2 Å². The molecule has 0 spiro atoms. The summed E-state index contributed by atoms with van der Waals surface area (Å²) in [6.07, 6.45) is 1.66. The average molecular weight is 461 g/mol. The zero-order valence-electron chi connectivity index (χ0n) is 17.0. The summed E-state index contributed by atoms with van der Waals surface area (Å²) >= 11 is 1.20. The first-order valence-corrected chi connectivity index (χ1v) is 11.9. The molecule has 0 saturated heterocycles. The molecule has 0 unspecified atom stereocenters. The number of hydrogen-bond donors (Lipinski definition) is 0. The van der Waals surface area contributed by atoms with Gasteiger partial charge in [0.25, 0.3) is 5.91 Å². The lowest BCUT2D eigenvalue weighted by molar-refractivity contribution is -0.113. The van der Waals surface area contributed by atoms with E-state index in [-0.39, 0.29) is 16.4 Å². The van der Waals surface area contributed by atoms with Gasteiger partial charge in [-0.3, -0.25) is 9.69 Å². The molecular formula is C22H21FN2O4S2. The van der Waals surface area contributed by atoms with Gasteiger partial charge in [-0.2, -0.15) is 0 Å². The third kappa shape index (κ3) is 4.83. The smallest absolute Gasteiger partial charge is 0.256 e. The number of thiazole rings is 1. The Balaban J connectivity index is 1.97. The Morgan fingerprint density at radius 2 is 1.97 bits per heavy atom. The second kappa shape index (κ2) is 9.40. The Labute approximate surface area is 184 Å². The Morgan fingerprint density at radius 1 is 1.26 bits per heavy atom. The van der Waals surface area contributed by atoms with Gasteiger partial charge in [0.05, 0.1) is 29.1 Å². The summed E-state index contributed by atoms with van der Waals surface area (Å²) in [6.45, 7) is 5.33. The van der Waals surface area contributed by atoms with Crippen molar-refractivity contribution in [3.63, 3.8) is 0 Å². The molecule has 0 radical (unpaired) electrons. The number of carbonyl (C=O) groups is 1. The minimum atomic E-state index is -3.37. The first-order valence-electron chi connectivity index (χ1n) is 9.39. The molecule has 2 aromatic carbocycles. The molecule has 1 amide bonds. The van der Waals surface area contributed by atoms with Crippen molar-refractivity contribution < 1.29 is 22.3 Å². The van der Waals surface area contributed by atoms with Crippen molar-refractivity contribution in [3.8, 4) is 17.0 Å². The van der Waals surface area contributed by atoms with Gasteiger partial charge >= 0.3 is 0 Å². The summed E-state index contributed by atoms with van der Waals surface area (Å²) < 4.78 is 43.5. The van der Waals surface area contributed by atoms with Crippen LogP contribution in [-0.2, 0) is 14.6 Å². The van der Waals surface area contributed by atoms with Crippen LogP contribution in [0, 0.1) is 5.82 Å². The fourth-order valence-electron chi connectivity index (χ4n) is 2.94. The Bertz CT molecular complexity index is 1200. The van der Waals surface area contributed by atoms with Crippen LogP contribution in [-0.4, -0.2) is 32.2 Å². The number of methoxy groups -OCH3 is 1. The summed E-state index contributed by atoms with van der Waals surface area (Å²) in [4.78, 5) is 18.6. The van der Waals surface area contributed by atoms with Gasteiger partial charge in [-0.05, 0) is 55.0 Å². The van der Waals surface area contributed by atoms with Gasteiger partial charge in [0.2, 0.25) is 0 Å². The number of ether oxygens (including phenoxy) is 1. The minimum absolute atomic E-state index is 0.0515. The SMILES string of the molecule is C=CC(=O)N(c1ccc(S(=O)(=O)CCC)cc1)c1nc(-c2ccc(OC)c(F)c2)cs1. The van der Waals surface area contributed by atoms with Gasteiger partial charge in [-0.15, -0.1) is 11.3 Å². The van der Waals surface area contributed by atoms with E-state index in [0.29, 0.717) is 28.5 Å². The van der Waals surface area contributed by atoms with Crippen LogP contribution in [0.5, 0.6) is 5.75 Å². The molecule has 0 atom stereocenters. The third-order valence-corrected chi connectivity index (χ3v) is 7.21. The van der Waals surface area contributed by atoms with Crippen LogP contribution >= 0.6 is 11.3 Å². The van der Waals surface area contributed by atoms with E-state index in [9.17, 15) is 17.6 Å². The Morgan fingerprint density at radius 3 is 2.55 bits per heavy atom. The van der Waals surface area contributed by atoms with Gasteiger partial charge in [0.15, 0.2) is 26.5 Å². The minimum Gasteiger partial charge on any atom is -0.494 e. The summed E-state index contributed by atoms with van der Waals surface area (Å²) in [6, 6.07) is 10.5. The highest BCUT2D eigenvalue weighted by molar-refractivity contribution is 7.91. The molecule has 0 aliphatic heterocycles. The molecule has 0 aliphatic rings. The highest BCUT2D eigenvalue weighted by atomic mass is 32.2. The van der Waals surface area contributed by atoms with Gasteiger partial charge in [0, 0.05) is 10.9 Å². The van der Waals surface area contributed by atoms with E-state index in [1.165, 1.54) is 47.6 Å². The molecule has 6 nitrogen and oxygen atoms in total. The fraction of sp³-hybridized carbons (Fsp3) is 0.182. The molecule has 9 heteroatoms. The summed E-state index contributed by atoms with van der Waals surface area (Å²) in [7, 11) is -1.98. The summed E-state index contributed by atoms with van der Waals surface area (Å²) in [5, 5.41) is 2.06. The molecule has 0 aliphatic carbocycles. The number of rotatable bonds is 8. The van der Waals surface area contributed by atoms with Gasteiger partial charge in [-0.25, -0.2) is 17.8 Å². The maximum atomic E-state index is 14.1. The fourth-order valence-corrected chi connectivity index (χ4v) is 5.12. The van der Waals surface area contributed by atoms with Crippen molar-refractivity contribution in [2.24, 2.45) is 0 Å². The van der Waals surface area contributed by atoms with E-state index in [1.54, 1.807) is 30.5 Å². The zero-order chi connectivity index (χ0) is 22.6. The standard InChI is InChI=1S/C22H21FN2O4S2/c1-4-12-31(27,28)17-9-7-16(8-10-17)25(21(26)5-2)22-24-19(14-30-22)15-6-11-20(29-3)18(23)13-15/h5-11,13-14H,2,4,12H2,1,3H3. The maximum Gasteiger partial charge on any atom is 0.256 e. The van der Waals surface area contributed by atoms with Gasteiger partial charge < -0.3 is 4.74 Å². The lowest BCUT2D eigenvalue weighted by Gasteiger charge is -2.18. The van der Waals surface area contributed by atoms with Crippen LogP contribution in [0.1, 0.15) is 13.3 Å². The molecule has 162 valence electrons. The monoisotopic (exact) mass is 460 g/mol. The van der Waals surface area contributed by atoms with Crippen molar-refractivity contribution in [1.29, 1.82) is 0 Å². The van der Waals surface area contributed by atoms with E-state index >= 15 is 0 Å². The number of amides is 1. The predicted octanol–water partition coefficient (Wildman–Crippen LogP) is 4.99. The topological polar surface area (TPSA) is 76.6 Å². The Hall–Kier alpha value is -3.04. The summed E-state index contributed by atoms with van der Waals surface area (Å²) in [5.41, 5.74) is 1.47. The van der Waals surface area contributed by atoms with Crippen LogP contribution in [0.25, 0.3) is 11.3 Å². The normalized spacial score (nSPS) is 11.2. The largest absolute Gasteiger partial charge is 0.494 e. The van der Waals surface area contributed by atoms with E-state index in [1.807, 2.05) is 0 Å². The zero-order valence-corrected chi connectivity index (χ0v) is 18.7. The van der Waals surface area contributed by atoms with Crippen LogP contribution in [0.15, 0.2) is 65.4 Å². The number of aromatic nitrogens is 1. The Kier molecular flexibility index (Phi) is 6.87. The number of sulfone groups is 1. The highest BCUT2D eigenvalue weighted by Gasteiger charge is 2.21. The average Bonchev–Trinajstić information content (AvgIpc) is 3.23. The van der Waals surface area contributed by atoms with E-state index in [0.717, 1.165) is 6.08 Å². The number of benzene rings is 2. The van der Waals surface area contributed by atoms with E-state index < -0.39 is 21.6 Å². The predicted molar refractivity (Wildman–Crippen MR) is 120 cm³/mol. The molecule has 1 heterocycles. The van der Waals surface area contributed by atoms with Crippen molar-refractivity contribution in [3.05, 3.63) is 66.3 Å². The summed E-state index contributed by atoms with van der Waals surface area (Å²) in [5.74, 6) is -0.764. The lowest BCUT2D eigenvalue weighted by atomic mass is 10.1. The maximum absolute atomic E-state index is 14.1. The molecule has 3 aromatic rings. The molecule has 0 fully saturated rings. The molecule has 0 bridgehead atoms. The van der Waals surface area contributed by atoms with Crippen LogP contribution in [0.2, 0.25) is 0 Å². The number of hydrogen-bond acceptors (Lipinski definition) is 6. The first kappa shape index (κ1) is 22.6.